The van der Waals surface area contributed by atoms with Gasteiger partial charge in [-0.05, 0) is 30.7 Å². The number of para-hydroxylation sites is 2. The molecule has 3 nitrogen and oxygen atoms in total. The highest BCUT2D eigenvalue weighted by molar-refractivity contribution is 5.81. The van der Waals surface area contributed by atoms with Crippen molar-refractivity contribution < 1.29 is 4.74 Å². The first-order valence-electron chi connectivity index (χ1n) is 6.56. The lowest BCUT2D eigenvalue weighted by Crippen LogP contribution is -2.01. The Morgan fingerprint density at radius 1 is 1.05 bits per heavy atom. The first-order chi connectivity index (χ1) is 9.75. The summed E-state index contributed by atoms with van der Waals surface area (Å²) in [6.45, 7) is 2.46. The van der Waals surface area contributed by atoms with Crippen molar-refractivity contribution in [1.82, 2.24) is 4.98 Å². The molecule has 20 heavy (non-hydrogen) atoms. The highest BCUT2D eigenvalue weighted by Crippen LogP contribution is 2.26. The summed E-state index contributed by atoms with van der Waals surface area (Å²) in [7, 11) is 0. The summed E-state index contributed by atoms with van der Waals surface area (Å²) in [6.07, 6.45) is 1.81. The van der Waals surface area contributed by atoms with E-state index in [-0.39, 0.29) is 0 Å². The minimum absolute atomic E-state index is 0.483. The van der Waals surface area contributed by atoms with Crippen LogP contribution in [0.3, 0.4) is 0 Å². The molecule has 0 amide bonds. The van der Waals surface area contributed by atoms with Crippen LogP contribution in [0.2, 0.25) is 0 Å². The van der Waals surface area contributed by atoms with E-state index in [1.54, 1.807) is 6.20 Å². The minimum Gasteiger partial charge on any atom is -0.487 e. The lowest BCUT2D eigenvalue weighted by molar-refractivity contribution is 0.309. The maximum atomic E-state index is 6.02. The second kappa shape index (κ2) is 5.21. The summed E-state index contributed by atoms with van der Waals surface area (Å²) < 4.78 is 5.86. The van der Waals surface area contributed by atoms with E-state index in [1.807, 2.05) is 49.4 Å². The predicted octanol–water partition coefficient (Wildman–Crippen LogP) is 3.70. The Bertz CT molecular complexity index is 748. The number of aromatic nitrogens is 1. The molecule has 0 radical (unpaired) electrons. The lowest BCUT2D eigenvalue weighted by atomic mass is 10.1. The predicted molar refractivity (Wildman–Crippen MR) is 81.7 cm³/mol. The fraction of sp³-hybridized carbons (Fsp3) is 0.118. The molecule has 3 aromatic rings. The maximum absolute atomic E-state index is 6.02. The van der Waals surface area contributed by atoms with Gasteiger partial charge in [-0.3, -0.25) is 4.98 Å². The zero-order chi connectivity index (χ0) is 13.9. The molecule has 3 rings (SSSR count). The van der Waals surface area contributed by atoms with E-state index in [0.29, 0.717) is 12.3 Å². The molecular formula is C17H16N2O. The van der Waals surface area contributed by atoms with Crippen molar-refractivity contribution in [2.24, 2.45) is 0 Å². The van der Waals surface area contributed by atoms with Gasteiger partial charge in [0, 0.05) is 17.1 Å². The molecule has 0 atom stereocenters. The van der Waals surface area contributed by atoms with Crippen LogP contribution in [0.5, 0.6) is 5.75 Å². The molecule has 0 spiro atoms. The van der Waals surface area contributed by atoms with E-state index in [9.17, 15) is 0 Å². The number of benzene rings is 2. The quantitative estimate of drug-likeness (QED) is 0.734. The molecule has 0 unspecified atom stereocenters. The number of nitrogen functional groups attached to an aromatic ring is 1. The van der Waals surface area contributed by atoms with E-state index < -0.39 is 0 Å². The monoisotopic (exact) mass is 264 g/mol. The van der Waals surface area contributed by atoms with Crippen molar-refractivity contribution >= 4 is 16.6 Å². The van der Waals surface area contributed by atoms with E-state index >= 15 is 0 Å². The van der Waals surface area contributed by atoms with Gasteiger partial charge in [0.1, 0.15) is 12.4 Å². The number of hydrogen-bond acceptors (Lipinski definition) is 3. The Morgan fingerprint density at radius 3 is 2.80 bits per heavy atom. The molecule has 0 saturated heterocycles. The molecule has 3 heteroatoms. The zero-order valence-electron chi connectivity index (χ0n) is 11.3. The van der Waals surface area contributed by atoms with Gasteiger partial charge in [0.25, 0.3) is 0 Å². The third-order valence-corrected chi connectivity index (χ3v) is 3.41. The van der Waals surface area contributed by atoms with Crippen molar-refractivity contribution in [3.8, 4) is 5.75 Å². The molecular weight excluding hydrogens is 248 g/mol. The van der Waals surface area contributed by atoms with Gasteiger partial charge in [0.15, 0.2) is 0 Å². The Kier molecular flexibility index (Phi) is 3.25. The second-order valence-corrected chi connectivity index (χ2v) is 4.76. The number of fused-ring (bicyclic) bond motifs is 1. The molecule has 0 aliphatic heterocycles. The van der Waals surface area contributed by atoms with Crippen molar-refractivity contribution in [1.29, 1.82) is 0 Å². The van der Waals surface area contributed by atoms with Gasteiger partial charge in [0.05, 0.1) is 11.2 Å². The summed E-state index contributed by atoms with van der Waals surface area (Å²) in [5.74, 6) is 0.728. The zero-order valence-corrected chi connectivity index (χ0v) is 11.3. The fourth-order valence-electron chi connectivity index (χ4n) is 2.22. The molecule has 0 fully saturated rings. The molecule has 0 bridgehead atoms. The van der Waals surface area contributed by atoms with E-state index in [2.05, 4.69) is 11.1 Å². The average molecular weight is 264 g/mol. The normalized spacial score (nSPS) is 10.7. The Hall–Kier alpha value is -2.55. The topological polar surface area (TPSA) is 48.1 Å². The van der Waals surface area contributed by atoms with Gasteiger partial charge in [0.2, 0.25) is 0 Å². The Labute approximate surface area is 118 Å². The van der Waals surface area contributed by atoms with E-state index in [0.717, 1.165) is 27.8 Å². The van der Waals surface area contributed by atoms with Crippen LogP contribution in [-0.2, 0) is 6.61 Å². The molecule has 0 saturated carbocycles. The summed E-state index contributed by atoms with van der Waals surface area (Å²) in [5, 5.41) is 1.11. The number of aryl methyl sites for hydroxylation is 1. The third kappa shape index (κ3) is 2.30. The number of hydrogen-bond donors (Lipinski definition) is 1. The Morgan fingerprint density at radius 2 is 1.90 bits per heavy atom. The highest BCUT2D eigenvalue weighted by Gasteiger charge is 2.05. The molecule has 1 heterocycles. The number of nitrogens with two attached hydrogens (primary N) is 1. The van der Waals surface area contributed by atoms with Gasteiger partial charge in [-0.1, -0.05) is 30.3 Å². The van der Waals surface area contributed by atoms with Crippen molar-refractivity contribution in [2.75, 3.05) is 5.73 Å². The maximum Gasteiger partial charge on any atom is 0.142 e. The third-order valence-electron chi connectivity index (χ3n) is 3.41. The van der Waals surface area contributed by atoms with Crippen LogP contribution in [0, 0.1) is 6.92 Å². The van der Waals surface area contributed by atoms with Crippen LogP contribution in [-0.4, -0.2) is 4.98 Å². The standard InChI is InChI=1S/C17H16N2O/c1-12-5-4-8-16(17(12)18)20-11-13-9-10-19-15-7-3-2-6-14(13)15/h2-10H,11,18H2,1H3. The van der Waals surface area contributed by atoms with Gasteiger partial charge in [-0.25, -0.2) is 0 Å². The Balaban J connectivity index is 1.89. The number of anilines is 1. The van der Waals surface area contributed by atoms with Crippen LogP contribution in [0.25, 0.3) is 10.9 Å². The first-order valence-corrected chi connectivity index (χ1v) is 6.56. The van der Waals surface area contributed by atoms with E-state index in [4.69, 9.17) is 10.5 Å². The molecule has 2 N–H and O–H groups in total. The summed E-state index contributed by atoms with van der Waals surface area (Å²) >= 11 is 0. The van der Waals surface area contributed by atoms with Crippen molar-refractivity contribution in [2.45, 2.75) is 13.5 Å². The number of rotatable bonds is 3. The van der Waals surface area contributed by atoms with Gasteiger partial charge < -0.3 is 10.5 Å². The molecule has 0 aliphatic rings. The largest absolute Gasteiger partial charge is 0.487 e. The van der Waals surface area contributed by atoms with Gasteiger partial charge >= 0.3 is 0 Å². The molecule has 2 aromatic carbocycles. The SMILES string of the molecule is Cc1cccc(OCc2ccnc3ccccc23)c1N. The van der Waals surface area contributed by atoms with Crippen LogP contribution < -0.4 is 10.5 Å². The molecule has 100 valence electrons. The van der Waals surface area contributed by atoms with Crippen LogP contribution in [0.4, 0.5) is 5.69 Å². The molecule has 0 aliphatic carbocycles. The minimum atomic E-state index is 0.483. The second-order valence-electron chi connectivity index (χ2n) is 4.76. The van der Waals surface area contributed by atoms with Crippen LogP contribution in [0.1, 0.15) is 11.1 Å². The smallest absolute Gasteiger partial charge is 0.142 e. The summed E-state index contributed by atoms with van der Waals surface area (Å²) in [4.78, 5) is 4.35. The first kappa shape index (κ1) is 12.5. The van der Waals surface area contributed by atoms with Crippen LogP contribution in [0.15, 0.2) is 54.7 Å². The molecule has 1 aromatic heterocycles. The van der Waals surface area contributed by atoms with Crippen molar-refractivity contribution in [3.05, 3.63) is 65.9 Å². The number of ether oxygens (including phenoxy) is 1. The van der Waals surface area contributed by atoms with Gasteiger partial charge in [-0.15, -0.1) is 0 Å². The van der Waals surface area contributed by atoms with Crippen molar-refractivity contribution in [3.63, 3.8) is 0 Å². The van der Waals surface area contributed by atoms with Gasteiger partial charge in [-0.2, -0.15) is 0 Å². The average Bonchev–Trinajstić information content (AvgIpc) is 2.49. The fourth-order valence-corrected chi connectivity index (χ4v) is 2.22. The number of nitrogens with zero attached hydrogens (tertiary/aromatic N) is 1. The highest BCUT2D eigenvalue weighted by atomic mass is 16.5. The summed E-state index contributed by atoms with van der Waals surface area (Å²) in [5.41, 5.74) is 9.84. The van der Waals surface area contributed by atoms with E-state index in [1.165, 1.54) is 0 Å². The number of pyridine rings is 1. The lowest BCUT2D eigenvalue weighted by Gasteiger charge is -2.11. The van der Waals surface area contributed by atoms with Crippen LogP contribution >= 0.6 is 0 Å². The summed E-state index contributed by atoms with van der Waals surface area (Å²) in [6, 6.07) is 15.9.